The van der Waals surface area contributed by atoms with Crippen molar-refractivity contribution in [2.45, 2.75) is 6.10 Å². The summed E-state index contributed by atoms with van der Waals surface area (Å²) in [6.45, 7) is 1.66. The number of halogens is 1. The van der Waals surface area contributed by atoms with Crippen molar-refractivity contribution in [1.82, 2.24) is 9.88 Å². The summed E-state index contributed by atoms with van der Waals surface area (Å²) < 4.78 is 5.85. The summed E-state index contributed by atoms with van der Waals surface area (Å²) >= 11 is 5.95. The molecule has 1 aliphatic heterocycles. The maximum Gasteiger partial charge on any atom is 0.256 e. The van der Waals surface area contributed by atoms with Crippen molar-refractivity contribution < 1.29 is 9.53 Å². The van der Waals surface area contributed by atoms with Gasteiger partial charge in [0.25, 0.3) is 5.91 Å². The van der Waals surface area contributed by atoms with Crippen molar-refractivity contribution in [1.29, 1.82) is 0 Å². The summed E-state index contributed by atoms with van der Waals surface area (Å²) in [5.41, 5.74) is 2.63. The molecule has 0 aliphatic carbocycles. The molecule has 0 bridgehead atoms. The number of ether oxygens (including phenoxy) is 1. The molecule has 2 aromatic carbocycles. The molecule has 0 radical (unpaired) electrons. The molecule has 1 fully saturated rings. The summed E-state index contributed by atoms with van der Waals surface area (Å²) in [7, 11) is 0. The molecule has 3 aromatic rings. The predicted octanol–water partition coefficient (Wildman–Crippen LogP) is 4.04. The second-order valence-electron chi connectivity index (χ2n) is 5.91. The third-order valence-electron chi connectivity index (χ3n) is 4.41. The van der Waals surface area contributed by atoms with Crippen LogP contribution in [0.3, 0.4) is 0 Å². The standard InChI is InChI=1S/C19H17ClN2O2/c20-15-6-4-13(5-7-15)17-12-22(10-11-24-17)19(23)16-3-1-2-14-8-9-21-18(14)16/h1-9,17,21H,10-12H2. The minimum Gasteiger partial charge on any atom is -0.370 e. The fraction of sp³-hybridized carbons (Fsp3) is 0.211. The third-order valence-corrected chi connectivity index (χ3v) is 4.67. The number of carbonyl (C=O) groups excluding carboxylic acids is 1. The van der Waals surface area contributed by atoms with E-state index in [1.165, 1.54) is 0 Å². The molecule has 1 unspecified atom stereocenters. The molecule has 122 valence electrons. The quantitative estimate of drug-likeness (QED) is 0.765. The summed E-state index contributed by atoms with van der Waals surface area (Å²) in [6, 6.07) is 15.4. The van der Waals surface area contributed by atoms with Gasteiger partial charge in [-0.05, 0) is 29.8 Å². The van der Waals surface area contributed by atoms with Crippen LogP contribution in [0.4, 0.5) is 0 Å². The number of para-hydroxylation sites is 1. The lowest BCUT2D eigenvalue weighted by Gasteiger charge is -2.33. The van der Waals surface area contributed by atoms with E-state index in [0.29, 0.717) is 30.3 Å². The Kier molecular flexibility index (Phi) is 4.00. The molecule has 1 atom stereocenters. The Balaban J connectivity index is 1.58. The SMILES string of the molecule is O=C(c1cccc2cc[nH]c12)N1CCOC(c2ccc(Cl)cc2)C1. The van der Waals surface area contributed by atoms with Gasteiger partial charge >= 0.3 is 0 Å². The molecule has 4 rings (SSSR count). The summed E-state index contributed by atoms with van der Waals surface area (Å²) in [5, 5.41) is 1.74. The second-order valence-corrected chi connectivity index (χ2v) is 6.35. The highest BCUT2D eigenvalue weighted by Gasteiger charge is 2.27. The monoisotopic (exact) mass is 340 g/mol. The summed E-state index contributed by atoms with van der Waals surface area (Å²) in [6.07, 6.45) is 1.74. The molecular formula is C19H17ClN2O2. The smallest absolute Gasteiger partial charge is 0.256 e. The zero-order valence-corrected chi connectivity index (χ0v) is 13.8. The first-order chi connectivity index (χ1) is 11.7. The van der Waals surface area contributed by atoms with E-state index in [1.807, 2.05) is 59.6 Å². The van der Waals surface area contributed by atoms with Crippen molar-refractivity contribution in [2.75, 3.05) is 19.7 Å². The van der Waals surface area contributed by atoms with Crippen LogP contribution >= 0.6 is 11.6 Å². The molecule has 1 aromatic heterocycles. The van der Waals surface area contributed by atoms with E-state index in [2.05, 4.69) is 4.98 Å². The fourth-order valence-electron chi connectivity index (χ4n) is 3.15. The number of carbonyl (C=O) groups is 1. The highest BCUT2D eigenvalue weighted by Crippen LogP contribution is 2.26. The Morgan fingerprint density at radius 3 is 2.83 bits per heavy atom. The number of hydrogen-bond donors (Lipinski definition) is 1. The number of nitrogens with zero attached hydrogens (tertiary/aromatic N) is 1. The molecule has 2 heterocycles. The molecule has 24 heavy (non-hydrogen) atoms. The minimum atomic E-state index is -0.122. The number of H-pyrrole nitrogens is 1. The normalized spacial score (nSPS) is 18.0. The van der Waals surface area contributed by atoms with Gasteiger partial charge in [0.1, 0.15) is 6.10 Å². The lowest BCUT2D eigenvalue weighted by atomic mass is 10.1. The topological polar surface area (TPSA) is 45.3 Å². The van der Waals surface area contributed by atoms with Gasteiger partial charge in [0, 0.05) is 23.2 Å². The van der Waals surface area contributed by atoms with Gasteiger partial charge in [-0.25, -0.2) is 0 Å². The Bertz CT molecular complexity index is 872. The molecule has 1 amide bonds. The number of nitrogens with one attached hydrogen (secondary N) is 1. The number of fused-ring (bicyclic) bond motifs is 1. The van der Waals surface area contributed by atoms with Gasteiger partial charge in [-0.2, -0.15) is 0 Å². The Morgan fingerprint density at radius 1 is 1.17 bits per heavy atom. The maximum absolute atomic E-state index is 13.0. The summed E-state index contributed by atoms with van der Waals surface area (Å²) in [4.78, 5) is 18.0. The number of morpholine rings is 1. The van der Waals surface area contributed by atoms with Crippen LogP contribution in [0.1, 0.15) is 22.0 Å². The van der Waals surface area contributed by atoms with E-state index in [9.17, 15) is 4.79 Å². The second kappa shape index (κ2) is 6.30. The first kappa shape index (κ1) is 15.2. The van der Waals surface area contributed by atoms with E-state index >= 15 is 0 Å². The minimum absolute atomic E-state index is 0.0327. The van der Waals surface area contributed by atoms with Crippen LogP contribution in [-0.2, 0) is 4.74 Å². The van der Waals surface area contributed by atoms with Crippen molar-refractivity contribution in [3.63, 3.8) is 0 Å². The van der Waals surface area contributed by atoms with Crippen LogP contribution in [0.5, 0.6) is 0 Å². The maximum atomic E-state index is 13.0. The summed E-state index contributed by atoms with van der Waals surface area (Å²) in [5.74, 6) is 0.0327. The van der Waals surface area contributed by atoms with Crippen molar-refractivity contribution in [3.05, 3.63) is 70.9 Å². The molecule has 4 nitrogen and oxygen atoms in total. The largest absolute Gasteiger partial charge is 0.370 e. The van der Waals surface area contributed by atoms with E-state index in [-0.39, 0.29) is 12.0 Å². The fourth-order valence-corrected chi connectivity index (χ4v) is 3.27. The van der Waals surface area contributed by atoms with Crippen LogP contribution in [0, 0.1) is 0 Å². The van der Waals surface area contributed by atoms with Gasteiger partial charge in [0.15, 0.2) is 0 Å². The van der Waals surface area contributed by atoms with Gasteiger partial charge in [-0.1, -0.05) is 35.9 Å². The van der Waals surface area contributed by atoms with Crippen LogP contribution in [0.15, 0.2) is 54.7 Å². The van der Waals surface area contributed by atoms with E-state index in [1.54, 1.807) is 0 Å². The molecule has 1 aliphatic rings. The third kappa shape index (κ3) is 2.79. The van der Waals surface area contributed by atoms with Gasteiger partial charge in [0.2, 0.25) is 0 Å². The predicted molar refractivity (Wildman–Crippen MR) is 94.3 cm³/mol. The Morgan fingerprint density at radius 2 is 2.00 bits per heavy atom. The number of rotatable bonds is 2. The van der Waals surface area contributed by atoms with Gasteiger partial charge < -0.3 is 14.6 Å². The molecule has 0 spiro atoms. The van der Waals surface area contributed by atoms with Gasteiger partial charge in [0.05, 0.1) is 24.2 Å². The van der Waals surface area contributed by atoms with Crippen molar-refractivity contribution >= 4 is 28.4 Å². The lowest BCUT2D eigenvalue weighted by Crippen LogP contribution is -2.42. The molecular weight excluding hydrogens is 324 g/mol. The first-order valence-electron chi connectivity index (χ1n) is 7.95. The van der Waals surface area contributed by atoms with Crippen LogP contribution in [-0.4, -0.2) is 35.5 Å². The van der Waals surface area contributed by atoms with E-state index in [0.717, 1.165) is 16.5 Å². The van der Waals surface area contributed by atoms with Gasteiger partial charge in [-0.3, -0.25) is 4.79 Å². The van der Waals surface area contributed by atoms with Crippen LogP contribution in [0.25, 0.3) is 10.9 Å². The highest BCUT2D eigenvalue weighted by molar-refractivity contribution is 6.30. The average molecular weight is 341 g/mol. The Hall–Kier alpha value is -2.30. The molecule has 0 saturated carbocycles. The Labute approximate surface area is 145 Å². The van der Waals surface area contributed by atoms with Crippen LogP contribution in [0.2, 0.25) is 5.02 Å². The zero-order valence-electron chi connectivity index (χ0n) is 13.0. The van der Waals surface area contributed by atoms with Gasteiger partial charge in [-0.15, -0.1) is 0 Å². The van der Waals surface area contributed by atoms with Crippen molar-refractivity contribution in [2.24, 2.45) is 0 Å². The number of aromatic nitrogens is 1. The molecule has 1 N–H and O–H groups in total. The lowest BCUT2D eigenvalue weighted by molar-refractivity contribution is -0.0227. The van der Waals surface area contributed by atoms with Crippen LogP contribution < -0.4 is 0 Å². The number of aromatic amines is 1. The zero-order chi connectivity index (χ0) is 16.5. The molecule has 1 saturated heterocycles. The number of hydrogen-bond acceptors (Lipinski definition) is 2. The van der Waals surface area contributed by atoms with Crippen molar-refractivity contribution in [3.8, 4) is 0 Å². The average Bonchev–Trinajstić information content (AvgIpc) is 3.10. The van der Waals surface area contributed by atoms with E-state index < -0.39 is 0 Å². The van der Waals surface area contributed by atoms with E-state index in [4.69, 9.17) is 16.3 Å². The first-order valence-corrected chi connectivity index (χ1v) is 8.32. The molecule has 5 heteroatoms. The number of amides is 1. The highest BCUT2D eigenvalue weighted by atomic mass is 35.5. The number of benzene rings is 2.